The van der Waals surface area contributed by atoms with Gasteiger partial charge in [-0.3, -0.25) is 47.1 Å². The summed E-state index contributed by atoms with van der Waals surface area (Å²) in [6, 6.07) is 26.0. The third-order valence-electron chi connectivity index (χ3n) is 11.4. The first-order chi connectivity index (χ1) is 32.2. The Morgan fingerprint density at radius 1 is 0.746 bits per heavy atom. The van der Waals surface area contributed by atoms with E-state index in [1.807, 2.05) is 60.7 Å². The van der Waals surface area contributed by atoms with E-state index in [9.17, 15) is 33.8 Å². The maximum Gasteiger partial charge on any atom is 0.475 e. The van der Waals surface area contributed by atoms with Gasteiger partial charge in [0.2, 0.25) is 0 Å². The number of rotatable bonds is 19. The van der Waals surface area contributed by atoms with E-state index in [2.05, 4.69) is 9.97 Å². The van der Waals surface area contributed by atoms with Gasteiger partial charge in [-0.25, -0.2) is 14.2 Å². The molecule has 2 aliphatic heterocycles. The first-order valence-electron chi connectivity index (χ1n) is 21.2. The number of hydrogen-bond donors (Lipinski definition) is 2. The van der Waals surface area contributed by atoms with E-state index in [-0.39, 0.29) is 37.0 Å². The lowest BCUT2D eigenvalue weighted by Gasteiger charge is -2.37. The minimum absolute atomic E-state index is 0.0457. The fourth-order valence-electron chi connectivity index (χ4n) is 8.00. The SMILES string of the molecule is COc1ccc(C(OC[C@H]2O[C@@H](n3cc(C)c(=O)[nH]c3=O)C[C@@H]2OP(=O)(OCCC#N)OC[C@H]2O[C@@H](n3cc(C)c(=O)[nH]c3=O)C[C@@H]2OC(C)=O)(c2ccccc2)c2ccc(OC)cc2)cc1. The summed E-state index contributed by atoms with van der Waals surface area (Å²) in [4.78, 5) is 67.3. The monoisotopic (exact) mass is 943 g/mol. The van der Waals surface area contributed by atoms with Crippen molar-refractivity contribution in [2.75, 3.05) is 34.0 Å². The van der Waals surface area contributed by atoms with Crippen LogP contribution in [0, 0.1) is 25.2 Å². The van der Waals surface area contributed by atoms with Gasteiger partial charge in [0.05, 0.1) is 46.5 Å². The van der Waals surface area contributed by atoms with Crippen LogP contribution < -0.4 is 32.0 Å². The number of nitriles is 1. The number of aryl methyl sites for hydroxylation is 2. The van der Waals surface area contributed by atoms with E-state index < -0.39 is 92.0 Å². The standard InChI is InChI=1S/C46H50N5O15P/c1-28-24-50(44(55)48-42(28)53)40-22-36(63-30(3)52)39(65-40)27-62-67(57,61-21-9-20-47)66-37-23-41(51-25-29(2)43(54)49-45(51)56)64-38(37)26-60-46(31-10-7-6-8-11-31,32-12-16-34(58-4)17-13-32)33-14-18-35(59-5)19-15-33/h6-8,10-19,24-25,36-41H,9,21-23,26-27H2,1-5H3,(H,48,53,55)(H,49,54,56)/t36-,37-,38+,39+,40+,41+,67?/m0/s1. The quantitative estimate of drug-likeness (QED) is 0.0494. The van der Waals surface area contributed by atoms with E-state index >= 15 is 0 Å². The number of hydrogen-bond acceptors (Lipinski definition) is 16. The summed E-state index contributed by atoms with van der Waals surface area (Å²) in [5.74, 6) is 0.528. The van der Waals surface area contributed by atoms with E-state index in [1.165, 1.54) is 37.7 Å². The number of carbonyl (C=O) groups excluding carboxylic acids is 1. The second kappa shape index (κ2) is 21.0. The molecule has 354 valence electrons. The second-order valence-corrected chi connectivity index (χ2v) is 17.4. The summed E-state index contributed by atoms with van der Waals surface area (Å²) in [5, 5.41) is 9.39. The molecule has 5 aromatic rings. The zero-order valence-electron chi connectivity index (χ0n) is 37.3. The summed E-state index contributed by atoms with van der Waals surface area (Å²) >= 11 is 0. The van der Waals surface area contributed by atoms with E-state index in [0.29, 0.717) is 22.6 Å². The normalized spacial score (nSPS) is 21.3. The van der Waals surface area contributed by atoms with Gasteiger partial charge < -0.3 is 28.4 Å². The van der Waals surface area contributed by atoms with Crippen LogP contribution in [0.3, 0.4) is 0 Å². The van der Waals surface area contributed by atoms with Crippen LogP contribution in [0.25, 0.3) is 0 Å². The Morgan fingerprint density at radius 3 is 1.73 bits per heavy atom. The topological polar surface area (TPSA) is 251 Å². The summed E-state index contributed by atoms with van der Waals surface area (Å²) in [6.07, 6.45) is -4.41. The van der Waals surface area contributed by atoms with Crippen molar-refractivity contribution in [1.29, 1.82) is 5.26 Å². The molecular weight excluding hydrogens is 893 g/mol. The lowest BCUT2D eigenvalue weighted by molar-refractivity contribution is -0.150. The van der Waals surface area contributed by atoms with Crippen molar-refractivity contribution in [2.24, 2.45) is 0 Å². The molecule has 2 saturated heterocycles. The highest BCUT2D eigenvalue weighted by atomic mass is 31.2. The van der Waals surface area contributed by atoms with Crippen LogP contribution in [0.4, 0.5) is 0 Å². The highest BCUT2D eigenvalue weighted by Crippen LogP contribution is 2.54. The Balaban J connectivity index is 1.25. The van der Waals surface area contributed by atoms with Crippen molar-refractivity contribution in [3.05, 3.63) is 161 Å². The van der Waals surface area contributed by atoms with Crippen LogP contribution in [-0.4, -0.2) is 83.5 Å². The summed E-state index contributed by atoms with van der Waals surface area (Å²) in [7, 11) is -1.65. The lowest BCUT2D eigenvalue weighted by atomic mass is 9.80. The van der Waals surface area contributed by atoms with Gasteiger partial charge in [-0.15, -0.1) is 0 Å². The number of carbonyl (C=O) groups is 1. The molecule has 0 saturated carbocycles. The number of nitrogens with one attached hydrogen (secondary N) is 2. The molecule has 4 heterocycles. The molecule has 3 aromatic carbocycles. The molecule has 0 aliphatic carbocycles. The fourth-order valence-corrected chi connectivity index (χ4v) is 9.40. The summed E-state index contributed by atoms with van der Waals surface area (Å²) in [6.45, 7) is 2.96. The third kappa shape index (κ3) is 10.9. The van der Waals surface area contributed by atoms with Gasteiger partial charge in [-0.1, -0.05) is 54.6 Å². The molecule has 21 heteroatoms. The Kier molecular flexibility index (Phi) is 15.2. The first kappa shape index (κ1) is 48.5. The summed E-state index contributed by atoms with van der Waals surface area (Å²) in [5.41, 5.74) is -1.54. The number of esters is 1. The predicted molar refractivity (Wildman–Crippen MR) is 238 cm³/mol. The van der Waals surface area contributed by atoms with Gasteiger partial charge in [-0.05, 0) is 54.8 Å². The number of benzene rings is 3. The van der Waals surface area contributed by atoms with Crippen molar-refractivity contribution >= 4 is 13.8 Å². The lowest BCUT2D eigenvalue weighted by Crippen LogP contribution is -2.38. The van der Waals surface area contributed by atoms with E-state index in [4.69, 9.17) is 42.0 Å². The number of phosphoric ester groups is 1. The molecule has 0 spiro atoms. The number of ether oxygens (including phenoxy) is 6. The van der Waals surface area contributed by atoms with Crippen molar-refractivity contribution in [3.63, 3.8) is 0 Å². The second-order valence-electron chi connectivity index (χ2n) is 15.8. The first-order valence-corrected chi connectivity index (χ1v) is 22.7. The van der Waals surface area contributed by atoms with Crippen LogP contribution >= 0.6 is 7.82 Å². The Morgan fingerprint density at radius 2 is 1.24 bits per heavy atom. The van der Waals surface area contributed by atoms with Crippen molar-refractivity contribution in [3.8, 4) is 17.6 Å². The van der Waals surface area contributed by atoms with Gasteiger partial charge in [0, 0.05) is 43.3 Å². The van der Waals surface area contributed by atoms with Gasteiger partial charge >= 0.3 is 25.2 Å². The van der Waals surface area contributed by atoms with E-state index in [0.717, 1.165) is 10.1 Å². The number of aromatic nitrogens is 4. The molecule has 1 unspecified atom stereocenters. The number of methoxy groups -OCH3 is 2. The van der Waals surface area contributed by atoms with Crippen LogP contribution in [0.1, 0.15) is 66.5 Å². The number of nitrogens with zero attached hydrogens (tertiary/aromatic N) is 3. The molecule has 7 rings (SSSR count). The molecule has 20 nitrogen and oxygen atoms in total. The molecular formula is C46H50N5O15P. The summed E-state index contributed by atoms with van der Waals surface area (Å²) < 4.78 is 71.4. The molecule has 2 aliphatic rings. The average molecular weight is 944 g/mol. The molecule has 67 heavy (non-hydrogen) atoms. The zero-order chi connectivity index (χ0) is 47.9. The molecule has 2 N–H and O–H groups in total. The minimum Gasteiger partial charge on any atom is -0.497 e. The number of phosphoric acid groups is 1. The van der Waals surface area contributed by atoms with Gasteiger partial charge in [-0.2, -0.15) is 5.26 Å². The van der Waals surface area contributed by atoms with Crippen LogP contribution in [0.2, 0.25) is 0 Å². The maximum atomic E-state index is 14.9. The molecule has 0 bridgehead atoms. The van der Waals surface area contributed by atoms with Crippen LogP contribution in [0.15, 0.2) is 110 Å². The van der Waals surface area contributed by atoms with Gasteiger partial charge in [0.25, 0.3) is 11.1 Å². The van der Waals surface area contributed by atoms with Crippen molar-refractivity contribution < 1.29 is 51.4 Å². The van der Waals surface area contributed by atoms with Crippen molar-refractivity contribution in [1.82, 2.24) is 19.1 Å². The molecule has 2 aromatic heterocycles. The minimum atomic E-state index is -4.76. The average Bonchev–Trinajstić information content (AvgIpc) is 3.91. The van der Waals surface area contributed by atoms with Crippen LogP contribution in [-0.2, 0) is 47.5 Å². The smallest absolute Gasteiger partial charge is 0.475 e. The molecule has 0 amide bonds. The van der Waals surface area contributed by atoms with Gasteiger partial charge in [0.1, 0.15) is 54.0 Å². The number of aromatic amines is 2. The highest BCUT2D eigenvalue weighted by molar-refractivity contribution is 7.48. The molecule has 7 atom stereocenters. The predicted octanol–water partition coefficient (Wildman–Crippen LogP) is 4.68. The zero-order valence-corrected chi connectivity index (χ0v) is 38.2. The molecule has 2 fully saturated rings. The van der Waals surface area contributed by atoms with E-state index in [1.54, 1.807) is 38.5 Å². The highest BCUT2D eigenvalue weighted by Gasteiger charge is 2.47. The molecule has 0 radical (unpaired) electrons. The maximum absolute atomic E-state index is 14.9. The number of H-pyrrole nitrogens is 2. The Hall–Kier alpha value is -6.43. The Labute approximate surface area is 383 Å². The van der Waals surface area contributed by atoms with Crippen LogP contribution in [0.5, 0.6) is 11.5 Å². The largest absolute Gasteiger partial charge is 0.497 e. The van der Waals surface area contributed by atoms with Crippen molar-refractivity contribution in [2.45, 2.75) is 82.5 Å². The fraction of sp³-hybridized carbons (Fsp3) is 0.391. The van der Waals surface area contributed by atoms with Gasteiger partial charge in [0.15, 0.2) is 0 Å². The third-order valence-corrected chi connectivity index (χ3v) is 12.8. The Bertz CT molecular complexity index is 2810.